The highest BCUT2D eigenvalue weighted by atomic mass is 16.4. The number of hydrogen-bond acceptors (Lipinski definition) is 4. The number of nitrogens with one attached hydrogen (secondary N) is 2. The van der Waals surface area contributed by atoms with Gasteiger partial charge in [0.1, 0.15) is 6.04 Å². The highest BCUT2D eigenvalue weighted by Gasteiger charge is 2.20. The van der Waals surface area contributed by atoms with Gasteiger partial charge in [-0.1, -0.05) is 17.7 Å². The third kappa shape index (κ3) is 6.92. The normalized spacial score (nSPS) is 11.6. The number of carbonyl (C=O) groups excluding carboxylic acids is 2. The second-order valence-corrected chi connectivity index (χ2v) is 5.28. The maximum absolute atomic E-state index is 12.0. The summed E-state index contributed by atoms with van der Waals surface area (Å²) in [7, 11) is 0. The molecule has 1 atom stereocenters. The molecule has 0 saturated heterocycles. The van der Waals surface area contributed by atoms with Crippen LogP contribution in [0.5, 0.6) is 0 Å². The third-order valence-electron chi connectivity index (χ3n) is 3.34. The first-order valence-corrected chi connectivity index (χ1v) is 7.51. The van der Waals surface area contributed by atoms with Gasteiger partial charge in [-0.05, 0) is 38.3 Å². The highest BCUT2D eigenvalue weighted by molar-refractivity contribution is 5.96. The van der Waals surface area contributed by atoms with Gasteiger partial charge in [-0.25, -0.2) is 4.79 Å². The summed E-state index contributed by atoms with van der Waals surface area (Å²) in [5.74, 6) is -1.72. The van der Waals surface area contributed by atoms with E-state index in [0.29, 0.717) is 31.4 Å². The van der Waals surface area contributed by atoms with Crippen molar-refractivity contribution in [1.82, 2.24) is 10.6 Å². The van der Waals surface area contributed by atoms with Gasteiger partial charge in [-0.3, -0.25) is 9.59 Å². The quantitative estimate of drug-likeness (QED) is 0.491. The monoisotopic (exact) mass is 321 g/mol. The summed E-state index contributed by atoms with van der Waals surface area (Å²) in [5.41, 5.74) is 6.61. The number of carbonyl (C=O) groups is 3. The van der Waals surface area contributed by atoms with Gasteiger partial charge in [-0.2, -0.15) is 0 Å². The molecule has 23 heavy (non-hydrogen) atoms. The van der Waals surface area contributed by atoms with E-state index in [4.69, 9.17) is 5.73 Å². The average molecular weight is 321 g/mol. The lowest BCUT2D eigenvalue weighted by Crippen LogP contribution is -2.40. The summed E-state index contributed by atoms with van der Waals surface area (Å²) in [5, 5.41) is 14.3. The maximum Gasteiger partial charge on any atom is 0.326 e. The summed E-state index contributed by atoms with van der Waals surface area (Å²) in [6.07, 6.45) is 1.48. The van der Waals surface area contributed by atoms with Crippen molar-refractivity contribution in [3.05, 3.63) is 35.4 Å². The van der Waals surface area contributed by atoms with Crippen molar-refractivity contribution < 1.29 is 19.5 Å². The van der Waals surface area contributed by atoms with Crippen LogP contribution >= 0.6 is 0 Å². The summed E-state index contributed by atoms with van der Waals surface area (Å²) in [4.78, 5) is 34.2. The van der Waals surface area contributed by atoms with Gasteiger partial charge in [0.2, 0.25) is 5.91 Å². The van der Waals surface area contributed by atoms with E-state index in [1.165, 1.54) is 0 Å². The van der Waals surface area contributed by atoms with Crippen LogP contribution in [0.1, 0.15) is 35.2 Å². The second-order valence-electron chi connectivity index (χ2n) is 5.28. The van der Waals surface area contributed by atoms with Gasteiger partial charge >= 0.3 is 5.97 Å². The zero-order valence-corrected chi connectivity index (χ0v) is 13.2. The van der Waals surface area contributed by atoms with E-state index in [9.17, 15) is 19.5 Å². The summed E-state index contributed by atoms with van der Waals surface area (Å²) >= 11 is 0. The Labute approximate surface area is 135 Å². The zero-order chi connectivity index (χ0) is 17.2. The second kappa shape index (κ2) is 9.58. The fraction of sp³-hybridized carbons (Fsp3) is 0.438. The predicted molar refractivity (Wildman–Crippen MR) is 86.0 cm³/mol. The molecule has 5 N–H and O–H groups in total. The Morgan fingerprint density at radius 1 is 1.17 bits per heavy atom. The first-order valence-electron chi connectivity index (χ1n) is 7.51. The third-order valence-corrected chi connectivity index (χ3v) is 3.34. The molecule has 7 nitrogen and oxygen atoms in total. The number of amides is 2. The first kappa shape index (κ1) is 18.6. The van der Waals surface area contributed by atoms with Crippen LogP contribution in [0.25, 0.3) is 0 Å². The van der Waals surface area contributed by atoms with Crippen LogP contribution in [-0.4, -0.2) is 42.0 Å². The number of benzene rings is 1. The smallest absolute Gasteiger partial charge is 0.326 e. The van der Waals surface area contributed by atoms with E-state index in [0.717, 1.165) is 5.56 Å². The van der Waals surface area contributed by atoms with Crippen LogP contribution in [0, 0.1) is 6.92 Å². The number of hydrogen-bond donors (Lipinski definition) is 4. The lowest BCUT2D eigenvalue weighted by molar-refractivity contribution is -0.139. The number of aliphatic carboxylic acids is 1. The topological polar surface area (TPSA) is 122 Å². The minimum atomic E-state index is -1.07. The molecule has 0 radical (unpaired) electrons. The van der Waals surface area contributed by atoms with Crippen LogP contribution in [0.15, 0.2) is 24.3 Å². The number of carboxylic acid groups (broad SMARTS) is 1. The van der Waals surface area contributed by atoms with Gasteiger partial charge < -0.3 is 21.5 Å². The van der Waals surface area contributed by atoms with E-state index < -0.39 is 17.9 Å². The molecule has 0 bridgehead atoms. The molecule has 0 aliphatic carbocycles. The summed E-state index contributed by atoms with van der Waals surface area (Å²) in [6, 6.07) is 5.96. The molecule has 0 aliphatic rings. The lowest BCUT2D eigenvalue weighted by Gasteiger charge is -2.14. The zero-order valence-electron chi connectivity index (χ0n) is 13.2. The molecule has 7 heteroatoms. The number of rotatable bonds is 9. The Morgan fingerprint density at radius 3 is 2.39 bits per heavy atom. The van der Waals surface area contributed by atoms with Crippen LogP contribution < -0.4 is 16.4 Å². The standard InChI is InChI=1S/C16H23N3O4/c1-11-5-7-12(8-6-11)15(21)19-13(16(22)23)4-2-3-9-18-14(20)10-17/h5-8,13H,2-4,9-10,17H2,1H3,(H,18,20)(H,19,21)(H,22,23)/t13-/m0/s1. The molecule has 1 rings (SSSR count). The lowest BCUT2D eigenvalue weighted by atomic mass is 10.1. The molecular weight excluding hydrogens is 298 g/mol. The Bertz CT molecular complexity index is 543. The van der Waals surface area contributed by atoms with Gasteiger partial charge in [0.05, 0.1) is 6.54 Å². The Hall–Kier alpha value is -2.41. The molecule has 0 unspecified atom stereocenters. The minimum Gasteiger partial charge on any atom is -0.480 e. The molecule has 2 amide bonds. The van der Waals surface area contributed by atoms with E-state index in [2.05, 4.69) is 10.6 Å². The van der Waals surface area contributed by atoms with Crippen molar-refractivity contribution in [2.24, 2.45) is 5.73 Å². The largest absolute Gasteiger partial charge is 0.480 e. The maximum atomic E-state index is 12.0. The molecule has 1 aromatic carbocycles. The number of carboxylic acids is 1. The fourth-order valence-electron chi connectivity index (χ4n) is 1.98. The van der Waals surface area contributed by atoms with Crippen LogP contribution in [0.2, 0.25) is 0 Å². The van der Waals surface area contributed by atoms with Gasteiger partial charge in [0.15, 0.2) is 0 Å². The highest BCUT2D eigenvalue weighted by Crippen LogP contribution is 2.06. The molecule has 0 saturated carbocycles. The Kier molecular flexibility index (Phi) is 7.76. The van der Waals surface area contributed by atoms with Crippen LogP contribution in [0.4, 0.5) is 0 Å². The SMILES string of the molecule is Cc1ccc(C(=O)N[C@@H](CCCCNC(=O)CN)C(=O)O)cc1. The van der Waals surface area contributed by atoms with Crippen molar-refractivity contribution >= 4 is 17.8 Å². The summed E-state index contributed by atoms with van der Waals surface area (Å²) < 4.78 is 0. The molecular formula is C16H23N3O4. The van der Waals surface area contributed by atoms with Crippen molar-refractivity contribution in [1.29, 1.82) is 0 Å². The molecule has 0 heterocycles. The minimum absolute atomic E-state index is 0.0651. The van der Waals surface area contributed by atoms with E-state index in [1.807, 2.05) is 6.92 Å². The van der Waals surface area contributed by atoms with Crippen LogP contribution in [0.3, 0.4) is 0 Å². The van der Waals surface area contributed by atoms with Gasteiger partial charge in [0.25, 0.3) is 5.91 Å². The van der Waals surface area contributed by atoms with Crippen molar-refractivity contribution in [3.63, 3.8) is 0 Å². The predicted octanol–water partition coefficient (Wildman–Crippen LogP) is 0.423. The van der Waals surface area contributed by atoms with Crippen LogP contribution in [-0.2, 0) is 9.59 Å². The first-order chi connectivity index (χ1) is 10.9. The van der Waals surface area contributed by atoms with Crippen molar-refractivity contribution in [3.8, 4) is 0 Å². The molecule has 0 spiro atoms. The van der Waals surface area contributed by atoms with E-state index in [-0.39, 0.29) is 12.5 Å². The molecule has 0 aromatic heterocycles. The molecule has 0 fully saturated rings. The number of aryl methyl sites for hydroxylation is 1. The molecule has 126 valence electrons. The molecule has 0 aliphatic heterocycles. The average Bonchev–Trinajstić information content (AvgIpc) is 2.53. The van der Waals surface area contributed by atoms with Gasteiger partial charge in [0, 0.05) is 12.1 Å². The summed E-state index contributed by atoms with van der Waals surface area (Å²) in [6.45, 7) is 2.28. The Morgan fingerprint density at radius 2 is 1.83 bits per heavy atom. The van der Waals surface area contributed by atoms with E-state index >= 15 is 0 Å². The van der Waals surface area contributed by atoms with Crippen molar-refractivity contribution in [2.45, 2.75) is 32.2 Å². The number of nitrogens with two attached hydrogens (primary N) is 1. The fourth-order valence-corrected chi connectivity index (χ4v) is 1.98. The van der Waals surface area contributed by atoms with Crippen molar-refractivity contribution in [2.75, 3.05) is 13.1 Å². The number of unbranched alkanes of at least 4 members (excludes halogenated alkanes) is 1. The molecule has 1 aromatic rings. The van der Waals surface area contributed by atoms with Gasteiger partial charge in [-0.15, -0.1) is 0 Å². The Balaban J connectivity index is 2.42. The van der Waals surface area contributed by atoms with E-state index in [1.54, 1.807) is 24.3 Å².